The molecule has 0 aliphatic carbocycles. The van der Waals surface area contributed by atoms with Gasteiger partial charge in [0.15, 0.2) is 0 Å². The zero-order chi connectivity index (χ0) is 24.6. The average Bonchev–Trinajstić information content (AvgIpc) is 3.46. The molecule has 2 aliphatic heterocycles. The first-order valence-corrected chi connectivity index (χ1v) is 12.2. The number of fused-ring (bicyclic) bond motifs is 2. The molecule has 2 fully saturated rings. The highest BCUT2D eigenvalue weighted by atomic mass is 19.1. The second-order valence-corrected chi connectivity index (χ2v) is 9.27. The molecular formula is C24H28F2N8O2. The highest BCUT2D eigenvalue weighted by Crippen LogP contribution is 2.33. The third kappa shape index (κ3) is 4.13. The second kappa shape index (κ2) is 9.58. The van der Waals surface area contributed by atoms with Gasteiger partial charge in [-0.1, -0.05) is 11.3 Å². The lowest BCUT2D eigenvalue weighted by Crippen LogP contribution is -2.57. The number of ether oxygens (including phenoxy) is 2. The highest BCUT2D eigenvalue weighted by Gasteiger charge is 2.35. The Hall–Kier alpha value is -3.38. The Morgan fingerprint density at radius 3 is 2.89 bits per heavy atom. The van der Waals surface area contributed by atoms with Gasteiger partial charge in [-0.3, -0.25) is 9.29 Å². The molecular weight excluding hydrogens is 470 g/mol. The van der Waals surface area contributed by atoms with E-state index >= 15 is 0 Å². The summed E-state index contributed by atoms with van der Waals surface area (Å²) in [5.41, 5.74) is 4.05. The molecule has 0 unspecified atom stereocenters. The topological polar surface area (TPSA) is 94.6 Å². The number of nitrogens with zero attached hydrogens (tertiary/aromatic N) is 7. The number of likely N-dealkylation sites (tertiary alicyclic amines) is 1. The minimum absolute atomic E-state index is 0.318. The van der Waals surface area contributed by atoms with E-state index in [0.29, 0.717) is 62.5 Å². The average molecular weight is 499 g/mol. The second-order valence-electron chi connectivity index (χ2n) is 9.27. The van der Waals surface area contributed by atoms with Gasteiger partial charge >= 0.3 is 0 Å². The van der Waals surface area contributed by atoms with Gasteiger partial charge in [0.2, 0.25) is 11.8 Å². The number of nitrogens with one attached hydrogen (secondary N) is 1. The van der Waals surface area contributed by atoms with Crippen molar-refractivity contribution in [3.05, 3.63) is 30.5 Å². The van der Waals surface area contributed by atoms with E-state index in [1.807, 2.05) is 30.5 Å². The molecule has 10 nitrogen and oxygen atoms in total. The molecule has 2 aliphatic rings. The van der Waals surface area contributed by atoms with E-state index in [1.54, 1.807) is 16.3 Å². The summed E-state index contributed by atoms with van der Waals surface area (Å²) in [7, 11) is 1.55. The van der Waals surface area contributed by atoms with Crippen LogP contribution in [0.15, 0.2) is 30.5 Å². The molecule has 0 radical (unpaired) electrons. The van der Waals surface area contributed by atoms with Crippen LogP contribution in [0.2, 0.25) is 0 Å². The van der Waals surface area contributed by atoms with E-state index in [4.69, 9.17) is 9.47 Å². The van der Waals surface area contributed by atoms with Crippen LogP contribution in [0.1, 0.15) is 12.8 Å². The summed E-state index contributed by atoms with van der Waals surface area (Å²) in [6, 6.07) is 7.70. The van der Waals surface area contributed by atoms with Crippen LogP contribution in [0, 0.1) is 0 Å². The van der Waals surface area contributed by atoms with E-state index in [-0.39, 0.29) is 6.04 Å². The number of anilines is 1. The summed E-state index contributed by atoms with van der Waals surface area (Å²) in [6.07, 6.45) is 1.83. The highest BCUT2D eigenvalue weighted by molar-refractivity contribution is 5.89. The standard InChI is InChI=1S/C24H28F2N8O2/c1-35-23-22-17(15-3-4-20-21(11-15)33(31-29-20)8-2-7-25)5-10-34(22)30-24(28-23)27-19-6-9-32(12-18(19)26)16-13-36-14-16/h3-5,10-11,16,18-19H,2,6-9,12-14H2,1H3,(H,27,30)/t18-,19-/m0/s1. The zero-order valence-corrected chi connectivity index (χ0v) is 20.0. The van der Waals surface area contributed by atoms with Crippen molar-refractivity contribution >= 4 is 22.5 Å². The van der Waals surface area contributed by atoms with Crippen LogP contribution in [0.25, 0.3) is 27.7 Å². The maximum absolute atomic E-state index is 15.0. The van der Waals surface area contributed by atoms with Crippen molar-refractivity contribution in [3.8, 4) is 17.0 Å². The van der Waals surface area contributed by atoms with Gasteiger partial charge in [0.25, 0.3) is 0 Å². The number of halogens is 2. The summed E-state index contributed by atoms with van der Waals surface area (Å²) < 4.78 is 41.9. The SMILES string of the molecule is COc1nc(N[C@H]2CCN(C3COC3)C[C@@H]2F)nn2ccc(-c3ccc4nnn(CCCF)c4c3)c12. The van der Waals surface area contributed by atoms with Crippen molar-refractivity contribution in [2.45, 2.75) is 37.6 Å². The van der Waals surface area contributed by atoms with Crippen molar-refractivity contribution in [3.63, 3.8) is 0 Å². The Balaban J connectivity index is 1.27. The maximum Gasteiger partial charge on any atom is 0.244 e. The Labute approximate surface area is 206 Å². The van der Waals surface area contributed by atoms with E-state index in [1.165, 1.54) is 0 Å². The minimum atomic E-state index is -1.03. The number of rotatable bonds is 8. The molecule has 1 aromatic carbocycles. The van der Waals surface area contributed by atoms with Crippen molar-refractivity contribution in [1.29, 1.82) is 0 Å². The summed E-state index contributed by atoms with van der Waals surface area (Å²) >= 11 is 0. The zero-order valence-electron chi connectivity index (χ0n) is 20.0. The third-order valence-electron chi connectivity index (χ3n) is 7.03. The summed E-state index contributed by atoms with van der Waals surface area (Å²) in [5, 5.41) is 16.1. The quantitative estimate of drug-likeness (QED) is 0.396. The fourth-order valence-corrected chi connectivity index (χ4v) is 4.96. The number of hydrogen-bond donors (Lipinski definition) is 1. The molecule has 4 aromatic rings. The number of benzene rings is 1. The van der Waals surface area contributed by atoms with Crippen molar-refractivity contribution in [2.75, 3.05) is 45.4 Å². The Morgan fingerprint density at radius 1 is 1.25 bits per heavy atom. The van der Waals surface area contributed by atoms with Crippen LogP contribution in [0.4, 0.5) is 14.7 Å². The first kappa shape index (κ1) is 23.0. The van der Waals surface area contributed by atoms with Crippen LogP contribution >= 0.6 is 0 Å². The molecule has 1 N–H and O–H groups in total. The number of aryl methyl sites for hydroxylation is 1. The minimum Gasteiger partial charge on any atom is -0.479 e. The molecule has 5 heterocycles. The molecule has 0 spiro atoms. The van der Waals surface area contributed by atoms with E-state index < -0.39 is 12.8 Å². The number of hydrogen-bond acceptors (Lipinski definition) is 8. The lowest BCUT2D eigenvalue weighted by molar-refractivity contribution is -0.0794. The van der Waals surface area contributed by atoms with Crippen molar-refractivity contribution in [2.24, 2.45) is 0 Å². The molecule has 12 heteroatoms. The fourth-order valence-electron chi connectivity index (χ4n) is 4.96. The van der Waals surface area contributed by atoms with Crippen molar-refractivity contribution in [1.82, 2.24) is 34.5 Å². The van der Waals surface area contributed by atoms with Gasteiger partial charge in [0, 0.05) is 31.4 Å². The van der Waals surface area contributed by atoms with Crippen LogP contribution in [0.3, 0.4) is 0 Å². The van der Waals surface area contributed by atoms with Crippen LogP contribution in [-0.4, -0.2) is 92.8 Å². The molecule has 2 atom stereocenters. The first-order chi connectivity index (χ1) is 17.6. The smallest absolute Gasteiger partial charge is 0.244 e. The third-order valence-corrected chi connectivity index (χ3v) is 7.03. The van der Waals surface area contributed by atoms with E-state index in [0.717, 1.165) is 28.7 Å². The van der Waals surface area contributed by atoms with Crippen LogP contribution in [-0.2, 0) is 11.3 Å². The number of aromatic nitrogens is 6. The Morgan fingerprint density at radius 2 is 2.14 bits per heavy atom. The van der Waals surface area contributed by atoms with Gasteiger partial charge in [-0.25, -0.2) is 13.6 Å². The van der Waals surface area contributed by atoms with Gasteiger partial charge in [-0.05, 0) is 36.6 Å². The van der Waals surface area contributed by atoms with Crippen molar-refractivity contribution < 1.29 is 18.3 Å². The van der Waals surface area contributed by atoms with Gasteiger partial charge in [-0.2, -0.15) is 4.98 Å². The predicted molar refractivity (Wildman–Crippen MR) is 130 cm³/mol. The molecule has 6 rings (SSSR count). The van der Waals surface area contributed by atoms with Gasteiger partial charge in [0.1, 0.15) is 17.2 Å². The summed E-state index contributed by atoms with van der Waals surface area (Å²) in [5.74, 6) is 0.703. The molecule has 0 bridgehead atoms. The monoisotopic (exact) mass is 498 g/mol. The van der Waals surface area contributed by atoms with E-state index in [2.05, 4.69) is 30.6 Å². The molecule has 190 valence electrons. The summed E-state index contributed by atoms with van der Waals surface area (Å²) in [6.45, 7) is 2.59. The Kier molecular flexibility index (Phi) is 6.13. The molecule has 3 aromatic heterocycles. The largest absolute Gasteiger partial charge is 0.479 e. The van der Waals surface area contributed by atoms with E-state index in [9.17, 15) is 8.78 Å². The van der Waals surface area contributed by atoms with Gasteiger partial charge < -0.3 is 14.8 Å². The molecule has 2 saturated heterocycles. The Bertz CT molecular complexity index is 1370. The molecule has 0 amide bonds. The van der Waals surface area contributed by atoms with Gasteiger partial charge in [-0.15, -0.1) is 10.2 Å². The lowest BCUT2D eigenvalue weighted by atomic mass is 10.0. The summed E-state index contributed by atoms with van der Waals surface area (Å²) in [4.78, 5) is 6.72. The lowest BCUT2D eigenvalue weighted by Gasteiger charge is -2.42. The van der Waals surface area contributed by atoms with Gasteiger partial charge in [0.05, 0.1) is 44.6 Å². The fraction of sp³-hybridized carbons (Fsp3) is 0.500. The predicted octanol–water partition coefficient (Wildman–Crippen LogP) is 2.73. The van der Waals surface area contributed by atoms with Crippen LogP contribution < -0.4 is 10.1 Å². The molecule has 36 heavy (non-hydrogen) atoms. The normalized spacial score (nSPS) is 21.2. The maximum atomic E-state index is 15.0. The number of piperidine rings is 1. The molecule has 0 saturated carbocycles. The number of alkyl halides is 2. The first-order valence-electron chi connectivity index (χ1n) is 12.2. The number of methoxy groups -OCH3 is 1. The van der Waals surface area contributed by atoms with Crippen LogP contribution in [0.5, 0.6) is 5.88 Å².